The monoisotopic (exact) mass is 263 g/mol. The molecule has 0 saturated heterocycles. The van der Waals surface area contributed by atoms with E-state index >= 15 is 0 Å². The van der Waals surface area contributed by atoms with Crippen LogP contribution in [0.4, 0.5) is 11.4 Å². The minimum absolute atomic E-state index is 0.480. The van der Waals surface area contributed by atoms with Gasteiger partial charge in [-0.15, -0.1) is 0 Å². The summed E-state index contributed by atoms with van der Waals surface area (Å²) >= 11 is 0. The van der Waals surface area contributed by atoms with Crippen molar-refractivity contribution in [3.8, 4) is 0 Å². The van der Waals surface area contributed by atoms with Gasteiger partial charge in [0.1, 0.15) is 0 Å². The summed E-state index contributed by atoms with van der Waals surface area (Å²) in [6, 6.07) is 21.3. The first-order chi connectivity index (χ1) is 9.74. The van der Waals surface area contributed by atoms with E-state index in [4.69, 9.17) is 10.0 Å². The Hall–Kier alpha value is -2.30. The van der Waals surface area contributed by atoms with Crippen molar-refractivity contribution in [3.05, 3.63) is 66.7 Å². The van der Waals surface area contributed by atoms with Crippen LogP contribution in [0.1, 0.15) is 0 Å². The molecular weight excluding hydrogens is 249 g/mol. The Bertz CT molecular complexity index is 721. The topological polar surface area (TPSA) is 52.5 Å². The van der Waals surface area contributed by atoms with Crippen molar-refractivity contribution in [2.75, 3.05) is 5.32 Å². The Morgan fingerprint density at radius 1 is 0.750 bits per heavy atom. The number of hydrogen-bond acceptors (Lipinski definition) is 3. The van der Waals surface area contributed by atoms with Gasteiger partial charge in [0.25, 0.3) is 0 Å². The van der Waals surface area contributed by atoms with E-state index < -0.39 is 7.12 Å². The first kappa shape index (κ1) is 12.7. The summed E-state index contributed by atoms with van der Waals surface area (Å²) in [4.78, 5) is 0. The van der Waals surface area contributed by atoms with Crippen molar-refractivity contribution < 1.29 is 10.0 Å². The van der Waals surface area contributed by atoms with Crippen molar-refractivity contribution in [2.24, 2.45) is 0 Å². The molecule has 3 aromatic carbocycles. The summed E-state index contributed by atoms with van der Waals surface area (Å²) in [7, 11) is -1.43. The van der Waals surface area contributed by atoms with Gasteiger partial charge in [0.15, 0.2) is 0 Å². The van der Waals surface area contributed by atoms with Gasteiger partial charge in [0.05, 0.1) is 0 Å². The maximum atomic E-state index is 9.08. The molecule has 0 fully saturated rings. The standard InChI is InChI=1S/C16H14BNO2/c19-17(20)13-8-10-14(11-9-13)18-16-7-3-5-12-4-1-2-6-15(12)16/h1-11,18-20H. The third-order valence-corrected chi connectivity index (χ3v) is 3.28. The zero-order chi connectivity index (χ0) is 13.9. The molecule has 3 nitrogen and oxygen atoms in total. The maximum Gasteiger partial charge on any atom is 0.488 e. The van der Waals surface area contributed by atoms with Gasteiger partial charge in [-0.3, -0.25) is 0 Å². The normalized spacial score (nSPS) is 10.5. The van der Waals surface area contributed by atoms with Gasteiger partial charge in [-0.2, -0.15) is 0 Å². The van der Waals surface area contributed by atoms with Crippen molar-refractivity contribution in [1.82, 2.24) is 0 Å². The molecule has 3 aromatic rings. The molecule has 3 rings (SSSR count). The van der Waals surface area contributed by atoms with Crippen LogP contribution in [-0.2, 0) is 0 Å². The Balaban J connectivity index is 1.93. The number of anilines is 2. The molecule has 3 N–H and O–H groups in total. The molecule has 0 bridgehead atoms. The van der Waals surface area contributed by atoms with E-state index in [0.29, 0.717) is 5.46 Å². The molecule has 0 spiro atoms. The summed E-state index contributed by atoms with van der Waals surface area (Å²) in [5, 5.41) is 23.8. The molecule has 0 aliphatic heterocycles. The van der Waals surface area contributed by atoms with E-state index in [1.165, 1.54) is 5.39 Å². The predicted octanol–water partition coefficient (Wildman–Crippen LogP) is 2.26. The lowest BCUT2D eigenvalue weighted by Crippen LogP contribution is -2.29. The van der Waals surface area contributed by atoms with Crippen molar-refractivity contribution in [3.63, 3.8) is 0 Å². The van der Waals surface area contributed by atoms with Gasteiger partial charge < -0.3 is 15.4 Å². The van der Waals surface area contributed by atoms with E-state index in [-0.39, 0.29) is 0 Å². The molecule has 0 heterocycles. The fourth-order valence-corrected chi connectivity index (χ4v) is 2.23. The molecule has 0 radical (unpaired) electrons. The summed E-state index contributed by atoms with van der Waals surface area (Å²) in [6.07, 6.45) is 0. The predicted molar refractivity (Wildman–Crippen MR) is 83.5 cm³/mol. The lowest BCUT2D eigenvalue weighted by atomic mass is 9.80. The third kappa shape index (κ3) is 2.52. The van der Waals surface area contributed by atoms with E-state index in [0.717, 1.165) is 16.8 Å². The zero-order valence-electron chi connectivity index (χ0n) is 10.8. The largest absolute Gasteiger partial charge is 0.488 e. The highest BCUT2D eigenvalue weighted by atomic mass is 16.4. The third-order valence-electron chi connectivity index (χ3n) is 3.28. The molecule has 98 valence electrons. The van der Waals surface area contributed by atoms with Crippen LogP contribution >= 0.6 is 0 Å². The van der Waals surface area contributed by atoms with E-state index in [1.54, 1.807) is 12.1 Å². The Labute approximate surface area is 117 Å². The second kappa shape index (κ2) is 5.37. The van der Waals surface area contributed by atoms with Crippen LogP contribution in [0, 0.1) is 0 Å². The second-order valence-electron chi connectivity index (χ2n) is 4.65. The molecule has 0 aliphatic rings. The molecule has 0 amide bonds. The highest BCUT2D eigenvalue weighted by Crippen LogP contribution is 2.25. The fourth-order valence-electron chi connectivity index (χ4n) is 2.23. The Morgan fingerprint density at radius 3 is 2.20 bits per heavy atom. The molecule has 0 atom stereocenters. The maximum absolute atomic E-state index is 9.08. The first-order valence-electron chi connectivity index (χ1n) is 6.45. The molecule has 0 aromatic heterocycles. The number of benzene rings is 3. The van der Waals surface area contributed by atoms with Crippen LogP contribution in [0.25, 0.3) is 10.8 Å². The summed E-state index contributed by atoms with van der Waals surface area (Å²) in [6.45, 7) is 0. The molecule has 20 heavy (non-hydrogen) atoms. The van der Waals surface area contributed by atoms with Crippen LogP contribution in [-0.4, -0.2) is 17.2 Å². The highest BCUT2D eigenvalue weighted by molar-refractivity contribution is 6.58. The lowest BCUT2D eigenvalue weighted by molar-refractivity contribution is 0.426. The van der Waals surface area contributed by atoms with Gasteiger partial charge in [-0.1, -0.05) is 48.5 Å². The Morgan fingerprint density at radius 2 is 1.45 bits per heavy atom. The van der Waals surface area contributed by atoms with Crippen LogP contribution in [0.5, 0.6) is 0 Å². The Kier molecular flexibility index (Phi) is 3.42. The van der Waals surface area contributed by atoms with Gasteiger partial charge in [-0.25, -0.2) is 0 Å². The number of hydrogen-bond donors (Lipinski definition) is 3. The average molecular weight is 263 g/mol. The smallest absolute Gasteiger partial charge is 0.423 e. The van der Waals surface area contributed by atoms with Gasteiger partial charge in [0.2, 0.25) is 0 Å². The van der Waals surface area contributed by atoms with E-state index in [9.17, 15) is 0 Å². The minimum Gasteiger partial charge on any atom is -0.423 e. The van der Waals surface area contributed by atoms with Crippen molar-refractivity contribution in [1.29, 1.82) is 0 Å². The lowest BCUT2D eigenvalue weighted by Gasteiger charge is -2.10. The SMILES string of the molecule is OB(O)c1ccc(Nc2cccc3ccccc23)cc1. The molecule has 0 unspecified atom stereocenters. The number of rotatable bonds is 3. The zero-order valence-corrected chi connectivity index (χ0v) is 10.8. The van der Waals surface area contributed by atoms with E-state index in [1.807, 2.05) is 36.4 Å². The van der Waals surface area contributed by atoms with Crippen molar-refractivity contribution in [2.45, 2.75) is 0 Å². The van der Waals surface area contributed by atoms with Crippen LogP contribution in [0.3, 0.4) is 0 Å². The van der Waals surface area contributed by atoms with Crippen LogP contribution in [0.15, 0.2) is 66.7 Å². The first-order valence-corrected chi connectivity index (χ1v) is 6.45. The second-order valence-corrected chi connectivity index (χ2v) is 4.65. The molecular formula is C16H14BNO2. The minimum atomic E-state index is -1.43. The van der Waals surface area contributed by atoms with Crippen LogP contribution < -0.4 is 10.8 Å². The fraction of sp³-hybridized carbons (Fsp3) is 0. The molecule has 0 aliphatic carbocycles. The van der Waals surface area contributed by atoms with Gasteiger partial charge in [-0.05, 0) is 29.0 Å². The van der Waals surface area contributed by atoms with Gasteiger partial charge >= 0.3 is 7.12 Å². The average Bonchev–Trinajstić information content (AvgIpc) is 2.48. The van der Waals surface area contributed by atoms with Crippen molar-refractivity contribution >= 4 is 34.7 Å². The number of fused-ring (bicyclic) bond motifs is 1. The van der Waals surface area contributed by atoms with E-state index in [2.05, 4.69) is 23.5 Å². The quantitative estimate of drug-likeness (QED) is 0.635. The summed E-state index contributed by atoms with van der Waals surface area (Å²) in [5.41, 5.74) is 2.42. The summed E-state index contributed by atoms with van der Waals surface area (Å²) < 4.78 is 0. The summed E-state index contributed by atoms with van der Waals surface area (Å²) in [5.74, 6) is 0. The molecule has 0 saturated carbocycles. The highest BCUT2D eigenvalue weighted by Gasteiger charge is 2.09. The van der Waals surface area contributed by atoms with Crippen LogP contribution in [0.2, 0.25) is 0 Å². The van der Waals surface area contributed by atoms with Gasteiger partial charge in [0, 0.05) is 16.8 Å². The molecule has 4 heteroatoms. The number of nitrogens with one attached hydrogen (secondary N) is 1.